The molecular formula is C27H34N2O5. The Morgan fingerprint density at radius 2 is 1.56 bits per heavy atom. The number of carbonyl (C=O) groups is 2. The third kappa shape index (κ3) is 4.19. The predicted molar refractivity (Wildman–Crippen MR) is 130 cm³/mol. The zero-order chi connectivity index (χ0) is 24.4. The lowest BCUT2D eigenvalue weighted by Crippen LogP contribution is -2.48. The second-order valence-electron chi connectivity index (χ2n) is 9.15. The van der Waals surface area contributed by atoms with Gasteiger partial charge in [0, 0.05) is 25.7 Å². The van der Waals surface area contributed by atoms with Crippen LogP contribution in [0, 0.1) is 0 Å². The number of carbonyl (C=O) groups excluding carboxylic acids is 2. The minimum Gasteiger partial charge on any atom is -0.497 e. The van der Waals surface area contributed by atoms with Gasteiger partial charge in [-0.1, -0.05) is 31.4 Å². The van der Waals surface area contributed by atoms with Crippen molar-refractivity contribution in [1.29, 1.82) is 0 Å². The van der Waals surface area contributed by atoms with Crippen LogP contribution in [0.3, 0.4) is 0 Å². The molecule has 2 atom stereocenters. The lowest BCUT2D eigenvalue weighted by molar-refractivity contribution is -0.135. The predicted octanol–water partition coefficient (Wildman–Crippen LogP) is 4.41. The van der Waals surface area contributed by atoms with Crippen LogP contribution in [0.25, 0.3) is 0 Å². The average Bonchev–Trinajstić information content (AvgIpc) is 2.89. The number of hydrogen-bond acceptors (Lipinski definition) is 5. The monoisotopic (exact) mass is 466 g/mol. The van der Waals surface area contributed by atoms with Gasteiger partial charge in [-0.25, -0.2) is 0 Å². The first-order valence-electron chi connectivity index (χ1n) is 11.8. The van der Waals surface area contributed by atoms with E-state index < -0.39 is 12.0 Å². The van der Waals surface area contributed by atoms with E-state index in [1.54, 1.807) is 45.4 Å². The van der Waals surface area contributed by atoms with Crippen molar-refractivity contribution in [3.63, 3.8) is 0 Å². The summed E-state index contributed by atoms with van der Waals surface area (Å²) in [5, 5.41) is 0. The highest BCUT2D eigenvalue weighted by molar-refractivity contribution is 6.02. The van der Waals surface area contributed by atoms with Gasteiger partial charge in [-0.15, -0.1) is 0 Å². The molecule has 0 aromatic heterocycles. The highest BCUT2D eigenvalue weighted by Crippen LogP contribution is 2.46. The van der Waals surface area contributed by atoms with Crippen LogP contribution in [0.2, 0.25) is 0 Å². The van der Waals surface area contributed by atoms with Gasteiger partial charge in [0.25, 0.3) is 5.91 Å². The molecule has 7 nitrogen and oxygen atoms in total. The summed E-state index contributed by atoms with van der Waals surface area (Å²) < 4.78 is 16.3. The van der Waals surface area contributed by atoms with Crippen molar-refractivity contribution in [2.75, 3.05) is 35.4 Å². The Bertz CT molecular complexity index is 1050. The number of hydrogen-bond donors (Lipinski definition) is 0. The Labute approximate surface area is 201 Å². The largest absolute Gasteiger partial charge is 0.497 e. The van der Waals surface area contributed by atoms with Crippen molar-refractivity contribution < 1.29 is 23.8 Å². The van der Waals surface area contributed by atoms with E-state index in [2.05, 4.69) is 0 Å². The SMILES string of the molecule is COc1ccc(C2C(C(=O)N(C)C3CCCCC3)c3cc(OC)c(OC)cc3C(=O)N2C)cc1. The topological polar surface area (TPSA) is 68.3 Å². The van der Waals surface area contributed by atoms with Crippen LogP contribution in [-0.4, -0.2) is 63.1 Å². The third-order valence-electron chi connectivity index (χ3n) is 7.37. The van der Waals surface area contributed by atoms with Gasteiger partial charge in [-0.05, 0) is 48.2 Å². The quantitative estimate of drug-likeness (QED) is 0.631. The summed E-state index contributed by atoms with van der Waals surface area (Å²) in [7, 11) is 8.39. The Hall–Kier alpha value is -3.22. The molecule has 1 fully saturated rings. The van der Waals surface area contributed by atoms with Crippen molar-refractivity contribution in [2.24, 2.45) is 0 Å². The minimum absolute atomic E-state index is 0.0144. The first kappa shape index (κ1) is 23.9. The summed E-state index contributed by atoms with van der Waals surface area (Å²) in [6.07, 6.45) is 5.50. The zero-order valence-corrected chi connectivity index (χ0v) is 20.7. The molecule has 0 saturated heterocycles. The Kier molecular flexibility index (Phi) is 7.00. The molecule has 1 heterocycles. The molecule has 0 radical (unpaired) electrons. The van der Waals surface area contributed by atoms with Crippen molar-refractivity contribution in [1.82, 2.24) is 9.80 Å². The van der Waals surface area contributed by atoms with E-state index in [1.165, 1.54) is 6.42 Å². The second-order valence-corrected chi connectivity index (χ2v) is 9.15. The molecule has 182 valence electrons. The average molecular weight is 467 g/mol. The molecule has 0 bridgehead atoms. The first-order chi connectivity index (χ1) is 16.4. The number of benzene rings is 2. The maximum absolute atomic E-state index is 14.2. The van der Waals surface area contributed by atoms with E-state index in [0.29, 0.717) is 22.6 Å². The van der Waals surface area contributed by atoms with Gasteiger partial charge < -0.3 is 24.0 Å². The number of likely N-dealkylation sites (N-methyl/N-ethyl adjacent to an activating group) is 2. The summed E-state index contributed by atoms with van der Waals surface area (Å²) in [6, 6.07) is 10.8. The van der Waals surface area contributed by atoms with E-state index in [-0.39, 0.29) is 17.9 Å². The summed E-state index contributed by atoms with van der Waals surface area (Å²) in [5.41, 5.74) is 2.03. The highest BCUT2D eigenvalue weighted by Gasteiger charge is 2.45. The lowest BCUT2D eigenvalue weighted by Gasteiger charge is -2.43. The van der Waals surface area contributed by atoms with Gasteiger partial charge in [-0.2, -0.15) is 0 Å². The molecule has 0 spiro atoms. The van der Waals surface area contributed by atoms with Gasteiger partial charge >= 0.3 is 0 Å². The fourth-order valence-corrected chi connectivity index (χ4v) is 5.40. The van der Waals surface area contributed by atoms with E-state index in [4.69, 9.17) is 14.2 Å². The Morgan fingerprint density at radius 3 is 2.15 bits per heavy atom. The van der Waals surface area contributed by atoms with Crippen molar-refractivity contribution in [2.45, 2.75) is 50.1 Å². The third-order valence-corrected chi connectivity index (χ3v) is 7.37. The lowest BCUT2D eigenvalue weighted by atomic mass is 9.78. The fraction of sp³-hybridized carbons (Fsp3) is 0.481. The molecule has 2 amide bonds. The van der Waals surface area contributed by atoms with Crippen molar-refractivity contribution in [3.05, 3.63) is 53.1 Å². The molecular weight excluding hydrogens is 432 g/mol. The van der Waals surface area contributed by atoms with Gasteiger partial charge in [-0.3, -0.25) is 9.59 Å². The van der Waals surface area contributed by atoms with Crippen LogP contribution >= 0.6 is 0 Å². The van der Waals surface area contributed by atoms with Gasteiger partial charge in [0.15, 0.2) is 11.5 Å². The van der Waals surface area contributed by atoms with Gasteiger partial charge in [0.1, 0.15) is 5.75 Å². The number of rotatable bonds is 6. The summed E-state index contributed by atoms with van der Waals surface area (Å²) in [6.45, 7) is 0. The molecule has 4 rings (SSSR count). The highest BCUT2D eigenvalue weighted by atomic mass is 16.5. The van der Waals surface area contributed by atoms with Crippen LogP contribution in [0.1, 0.15) is 65.5 Å². The van der Waals surface area contributed by atoms with Crippen LogP contribution in [-0.2, 0) is 4.79 Å². The first-order valence-corrected chi connectivity index (χ1v) is 11.8. The van der Waals surface area contributed by atoms with E-state index in [0.717, 1.165) is 37.0 Å². The zero-order valence-electron chi connectivity index (χ0n) is 20.7. The van der Waals surface area contributed by atoms with E-state index in [1.807, 2.05) is 36.2 Å². The van der Waals surface area contributed by atoms with Crippen LogP contribution < -0.4 is 14.2 Å². The molecule has 2 aromatic rings. The Balaban J connectivity index is 1.85. The number of ether oxygens (including phenoxy) is 3. The number of fused-ring (bicyclic) bond motifs is 1. The van der Waals surface area contributed by atoms with Gasteiger partial charge in [0.2, 0.25) is 5.91 Å². The van der Waals surface area contributed by atoms with Gasteiger partial charge in [0.05, 0.1) is 33.3 Å². The molecule has 7 heteroatoms. The van der Waals surface area contributed by atoms with E-state index in [9.17, 15) is 9.59 Å². The minimum atomic E-state index is -0.571. The van der Waals surface area contributed by atoms with Crippen LogP contribution in [0.15, 0.2) is 36.4 Å². The second kappa shape index (κ2) is 9.95. The number of amides is 2. The molecule has 1 aliphatic carbocycles. The van der Waals surface area contributed by atoms with Crippen LogP contribution in [0.4, 0.5) is 0 Å². The normalized spacial score (nSPS) is 20.5. The molecule has 2 aromatic carbocycles. The molecule has 1 aliphatic heterocycles. The summed E-state index contributed by atoms with van der Waals surface area (Å²) >= 11 is 0. The fourth-order valence-electron chi connectivity index (χ4n) is 5.40. The molecule has 0 N–H and O–H groups in total. The molecule has 34 heavy (non-hydrogen) atoms. The maximum Gasteiger partial charge on any atom is 0.254 e. The van der Waals surface area contributed by atoms with E-state index >= 15 is 0 Å². The maximum atomic E-state index is 14.2. The number of methoxy groups -OCH3 is 3. The Morgan fingerprint density at radius 1 is 0.941 bits per heavy atom. The standard InChI is InChI=1S/C27H34N2O5/c1-28(18-9-7-6-8-10-18)27(31)24-20-15-22(33-4)23(34-5)16-21(20)26(30)29(2)25(24)17-11-13-19(32-3)14-12-17/h11-16,18,24-25H,6-10H2,1-5H3. The summed E-state index contributed by atoms with van der Waals surface area (Å²) in [5.74, 6) is 0.991. The summed E-state index contributed by atoms with van der Waals surface area (Å²) in [4.78, 5) is 31.3. The molecule has 2 unspecified atom stereocenters. The number of nitrogens with zero attached hydrogens (tertiary/aromatic N) is 2. The molecule has 2 aliphatic rings. The van der Waals surface area contributed by atoms with Crippen molar-refractivity contribution in [3.8, 4) is 17.2 Å². The molecule has 1 saturated carbocycles. The van der Waals surface area contributed by atoms with Crippen molar-refractivity contribution >= 4 is 11.8 Å². The van der Waals surface area contributed by atoms with Crippen LogP contribution in [0.5, 0.6) is 17.2 Å². The smallest absolute Gasteiger partial charge is 0.254 e.